The van der Waals surface area contributed by atoms with Gasteiger partial charge >= 0.3 is 26.2 Å². The molecule has 0 spiro atoms. The van der Waals surface area contributed by atoms with Crippen molar-refractivity contribution in [2.24, 2.45) is 0 Å². The van der Waals surface area contributed by atoms with Crippen LogP contribution in [0.2, 0.25) is 0 Å². The molecule has 5 heteroatoms. The first-order valence-corrected chi connectivity index (χ1v) is 13.9. The van der Waals surface area contributed by atoms with Crippen LogP contribution in [0.15, 0.2) is 0 Å². The van der Waals surface area contributed by atoms with Crippen molar-refractivity contribution in [3.63, 3.8) is 0 Å². The summed E-state index contributed by atoms with van der Waals surface area (Å²) in [6.45, 7) is 4.49. The van der Waals surface area contributed by atoms with Gasteiger partial charge in [-0.2, -0.15) is 0 Å². The second-order valence-corrected chi connectivity index (χ2v) is 9.32. The van der Waals surface area contributed by atoms with E-state index in [0.717, 1.165) is 25.7 Å². The van der Waals surface area contributed by atoms with Gasteiger partial charge in [-0.3, -0.25) is 0 Å². The van der Waals surface area contributed by atoms with E-state index >= 15 is 0 Å². The molecule has 0 N–H and O–H groups in total. The summed E-state index contributed by atoms with van der Waals surface area (Å²) in [5.41, 5.74) is 0. The number of unbranched alkanes of at least 4 members (excludes halogenated alkanes) is 20. The first-order chi connectivity index (χ1) is 15.5. The summed E-state index contributed by atoms with van der Waals surface area (Å²) >= 11 is 0. The monoisotopic (exact) mass is 544 g/mol. The fourth-order valence-corrected chi connectivity index (χ4v) is 3.87. The van der Waals surface area contributed by atoms with Crippen molar-refractivity contribution in [2.75, 3.05) is 0 Å². The normalized spacial score (nSPS) is 10.2. The number of carbonyl (C=O) groups is 2. The van der Waals surface area contributed by atoms with Crippen LogP contribution in [0.4, 0.5) is 0 Å². The van der Waals surface area contributed by atoms with Crippen molar-refractivity contribution in [3.05, 3.63) is 0 Å². The second kappa shape index (κ2) is 34.0. The first-order valence-electron chi connectivity index (χ1n) is 13.9. The quantitative estimate of drug-likeness (QED) is 0.124. The van der Waals surface area contributed by atoms with E-state index < -0.39 is 11.9 Å². The van der Waals surface area contributed by atoms with Crippen molar-refractivity contribution in [1.82, 2.24) is 0 Å². The van der Waals surface area contributed by atoms with Crippen molar-refractivity contribution in [2.45, 2.75) is 168 Å². The summed E-state index contributed by atoms with van der Waals surface area (Å²) in [4.78, 5) is 20.3. The third-order valence-corrected chi connectivity index (χ3v) is 5.97. The van der Waals surface area contributed by atoms with E-state index in [0.29, 0.717) is 0 Å². The molecule has 0 amide bonds. The molecular formula is C28H54O4Zr. The Bertz CT molecular complexity index is 352. The Labute approximate surface area is 225 Å². The van der Waals surface area contributed by atoms with Crippen LogP contribution in [0.1, 0.15) is 168 Å². The average molecular weight is 546 g/mol. The summed E-state index contributed by atoms with van der Waals surface area (Å²) < 4.78 is 0. The van der Waals surface area contributed by atoms with Crippen LogP contribution in [0.3, 0.4) is 0 Å². The number of rotatable bonds is 24. The standard InChI is InChI=1S/2C14H28O2.Zr/c2*1-2-3-4-5-6-7-8-9-10-11-12-13-14(15)16;/h2*2-13H2,1H3,(H,15,16);/q;;+2/p-2. The molecule has 0 aliphatic rings. The third-order valence-electron chi connectivity index (χ3n) is 5.97. The number of aliphatic carboxylic acids is 2. The largest absolute Gasteiger partial charge is 2.00 e. The van der Waals surface area contributed by atoms with Crippen LogP contribution in [0.25, 0.3) is 0 Å². The molecule has 0 aliphatic carbocycles. The minimum absolute atomic E-state index is 0. The number of carbonyl (C=O) groups excluding carboxylic acids is 2. The molecule has 0 heterocycles. The molecular weight excluding hydrogens is 492 g/mol. The fraction of sp³-hybridized carbons (Fsp3) is 0.929. The van der Waals surface area contributed by atoms with Gasteiger partial charge in [0.05, 0.1) is 0 Å². The predicted molar refractivity (Wildman–Crippen MR) is 132 cm³/mol. The van der Waals surface area contributed by atoms with Crippen LogP contribution in [-0.4, -0.2) is 11.9 Å². The predicted octanol–water partition coefficient (Wildman–Crippen LogP) is 6.87. The van der Waals surface area contributed by atoms with Crippen molar-refractivity contribution in [3.8, 4) is 0 Å². The van der Waals surface area contributed by atoms with Gasteiger partial charge in [-0.25, -0.2) is 0 Å². The molecule has 0 bridgehead atoms. The van der Waals surface area contributed by atoms with Gasteiger partial charge in [-0.15, -0.1) is 0 Å². The Morgan fingerprint density at radius 2 is 0.576 bits per heavy atom. The van der Waals surface area contributed by atoms with Gasteiger partial charge < -0.3 is 19.8 Å². The van der Waals surface area contributed by atoms with Crippen LogP contribution < -0.4 is 10.2 Å². The molecule has 0 aromatic heterocycles. The summed E-state index contributed by atoms with van der Waals surface area (Å²) in [7, 11) is 0. The molecule has 0 rings (SSSR count). The van der Waals surface area contributed by atoms with Crippen LogP contribution in [-0.2, 0) is 35.8 Å². The molecule has 0 fully saturated rings. The Morgan fingerprint density at radius 1 is 0.394 bits per heavy atom. The molecule has 0 unspecified atom stereocenters. The van der Waals surface area contributed by atoms with Crippen LogP contribution >= 0.6 is 0 Å². The maximum Gasteiger partial charge on any atom is 2.00 e. The summed E-state index contributed by atoms with van der Waals surface area (Å²) in [6, 6.07) is 0. The zero-order valence-electron chi connectivity index (χ0n) is 22.1. The molecule has 0 radical (unpaired) electrons. The summed E-state index contributed by atoms with van der Waals surface area (Å²) in [5, 5.41) is 20.3. The zero-order chi connectivity index (χ0) is 24.1. The minimum atomic E-state index is -0.907. The van der Waals surface area contributed by atoms with E-state index in [1.165, 1.54) is 116 Å². The Balaban J connectivity index is -0.000000529. The molecule has 0 atom stereocenters. The summed E-state index contributed by atoms with van der Waals surface area (Å²) in [6.07, 6.45) is 28.1. The molecule has 0 aliphatic heterocycles. The van der Waals surface area contributed by atoms with E-state index in [9.17, 15) is 19.8 Å². The maximum atomic E-state index is 10.1. The topological polar surface area (TPSA) is 80.3 Å². The Hall–Kier alpha value is -0.177. The number of carboxylic acid groups (broad SMARTS) is 2. The number of carboxylic acids is 2. The van der Waals surface area contributed by atoms with Crippen LogP contribution in [0.5, 0.6) is 0 Å². The Morgan fingerprint density at radius 3 is 0.758 bits per heavy atom. The van der Waals surface area contributed by atoms with E-state index in [1.54, 1.807) is 0 Å². The molecule has 33 heavy (non-hydrogen) atoms. The van der Waals surface area contributed by atoms with Crippen LogP contribution in [0, 0.1) is 0 Å². The maximum absolute atomic E-state index is 10.1. The molecule has 0 aromatic rings. The number of hydrogen-bond acceptors (Lipinski definition) is 4. The first kappa shape index (κ1) is 37.4. The van der Waals surface area contributed by atoms with Gasteiger partial charge in [0.2, 0.25) is 0 Å². The van der Waals surface area contributed by atoms with Gasteiger partial charge in [-0.05, 0) is 25.7 Å². The van der Waals surface area contributed by atoms with Gasteiger partial charge in [0.15, 0.2) is 0 Å². The van der Waals surface area contributed by atoms with Crippen molar-refractivity contribution >= 4 is 11.9 Å². The number of hydrogen-bond donors (Lipinski definition) is 0. The van der Waals surface area contributed by atoms with E-state index in [4.69, 9.17) is 0 Å². The molecule has 0 saturated carbocycles. The molecule has 0 aromatic carbocycles. The summed E-state index contributed by atoms with van der Waals surface area (Å²) in [5.74, 6) is -1.81. The second-order valence-electron chi connectivity index (χ2n) is 9.32. The van der Waals surface area contributed by atoms with E-state index in [-0.39, 0.29) is 39.0 Å². The Kier molecular flexibility index (Phi) is 38.5. The smallest absolute Gasteiger partial charge is 0.550 e. The van der Waals surface area contributed by atoms with E-state index in [1.807, 2.05) is 0 Å². The van der Waals surface area contributed by atoms with Crippen molar-refractivity contribution in [1.29, 1.82) is 0 Å². The zero-order valence-corrected chi connectivity index (χ0v) is 24.6. The SMILES string of the molecule is CCCCCCCCCCCCCC(=O)[O-].CCCCCCCCCCCCCC(=O)[O-].[Zr+2]. The van der Waals surface area contributed by atoms with Crippen molar-refractivity contribution < 1.29 is 46.0 Å². The van der Waals surface area contributed by atoms with Gasteiger partial charge in [0, 0.05) is 11.9 Å². The van der Waals surface area contributed by atoms with Gasteiger partial charge in [0.1, 0.15) is 0 Å². The molecule has 0 saturated heterocycles. The van der Waals surface area contributed by atoms with E-state index in [2.05, 4.69) is 13.8 Å². The molecule has 4 nitrogen and oxygen atoms in total. The third kappa shape index (κ3) is 42.4. The average Bonchev–Trinajstić information content (AvgIpc) is 2.76. The van der Waals surface area contributed by atoms with Gasteiger partial charge in [-0.1, -0.05) is 142 Å². The van der Waals surface area contributed by atoms with Gasteiger partial charge in [0.25, 0.3) is 0 Å². The minimum Gasteiger partial charge on any atom is -0.550 e. The molecule has 194 valence electrons. The fourth-order valence-electron chi connectivity index (χ4n) is 3.87.